The minimum absolute atomic E-state index is 0.0137. The molecule has 1 amide bonds. The summed E-state index contributed by atoms with van der Waals surface area (Å²) in [6.07, 6.45) is 4.08. The zero-order valence-corrected chi connectivity index (χ0v) is 18.9. The first-order chi connectivity index (χ1) is 16.0. The second-order valence-corrected chi connectivity index (χ2v) is 8.47. The van der Waals surface area contributed by atoms with Gasteiger partial charge in [0.25, 0.3) is 0 Å². The van der Waals surface area contributed by atoms with E-state index in [0.29, 0.717) is 55.7 Å². The van der Waals surface area contributed by atoms with Crippen LogP contribution >= 0.6 is 0 Å². The predicted octanol–water partition coefficient (Wildman–Crippen LogP) is 2.91. The van der Waals surface area contributed by atoms with E-state index in [4.69, 9.17) is 15.0 Å². The van der Waals surface area contributed by atoms with E-state index in [9.17, 15) is 10.1 Å². The lowest BCUT2D eigenvalue weighted by atomic mass is 10.1. The molecule has 4 rings (SSSR count). The average Bonchev–Trinajstić information content (AvgIpc) is 3.67. The molecule has 1 aliphatic carbocycles. The summed E-state index contributed by atoms with van der Waals surface area (Å²) in [5, 5.41) is 22.4. The number of methoxy groups -OCH3 is 1. The Morgan fingerprint density at radius 1 is 1.27 bits per heavy atom. The number of aromatic nitrogens is 2. The third kappa shape index (κ3) is 5.05. The van der Waals surface area contributed by atoms with Crippen LogP contribution in [-0.2, 0) is 9.53 Å². The van der Waals surface area contributed by atoms with E-state index in [1.807, 2.05) is 24.0 Å². The van der Waals surface area contributed by atoms with Gasteiger partial charge in [0, 0.05) is 50.6 Å². The first kappa shape index (κ1) is 22.5. The molecular formula is C24H27N7O2. The zero-order chi connectivity index (χ0) is 23.4. The quantitative estimate of drug-likeness (QED) is 0.691. The molecule has 2 aliphatic rings. The summed E-state index contributed by atoms with van der Waals surface area (Å²) < 4.78 is 5.04. The number of carbonyl (C=O) groups is 1. The Bertz CT molecular complexity index is 1120. The number of piperazine rings is 1. The summed E-state index contributed by atoms with van der Waals surface area (Å²) in [6.45, 7) is 4.27. The van der Waals surface area contributed by atoms with E-state index in [2.05, 4.69) is 21.3 Å². The number of carbonyl (C=O) groups excluding carboxylic acids is 1. The van der Waals surface area contributed by atoms with Crippen molar-refractivity contribution in [2.75, 3.05) is 43.6 Å². The van der Waals surface area contributed by atoms with Crippen LogP contribution in [0.5, 0.6) is 0 Å². The monoisotopic (exact) mass is 445 g/mol. The smallest absolute Gasteiger partial charge is 0.225 e. The Morgan fingerprint density at radius 3 is 2.76 bits per heavy atom. The van der Waals surface area contributed by atoms with E-state index in [0.717, 1.165) is 29.9 Å². The van der Waals surface area contributed by atoms with Crippen molar-refractivity contribution < 1.29 is 9.53 Å². The molecule has 33 heavy (non-hydrogen) atoms. The molecule has 0 spiro atoms. The molecule has 170 valence electrons. The molecule has 9 nitrogen and oxygen atoms in total. The third-order valence-corrected chi connectivity index (χ3v) is 6.04. The number of hydrogen-bond donors (Lipinski definition) is 1. The SMILES string of the molecule is COCCC(=O)N1CCN(c2nc(C3CC3)c(Nc3ccnc(C#N)c3)cc2C#N)C[C@H]1C. The summed E-state index contributed by atoms with van der Waals surface area (Å²) in [5.74, 6) is 1.11. The Hall–Kier alpha value is -3.69. The van der Waals surface area contributed by atoms with Crippen molar-refractivity contribution in [3.63, 3.8) is 0 Å². The van der Waals surface area contributed by atoms with Gasteiger partial charge in [-0.3, -0.25) is 4.79 Å². The highest BCUT2D eigenvalue weighted by Gasteiger charge is 2.33. The van der Waals surface area contributed by atoms with Crippen LogP contribution < -0.4 is 10.2 Å². The van der Waals surface area contributed by atoms with Crippen LogP contribution in [0, 0.1) is 22.7 Å². The molecule has 2 aromatic rings. The van der Waals surface area contributed by atoms with Crippen molar-refractivity contribution in [1.82, 2.24) is 14.9 Å². The number of ether oxygens (including phenoxy) is 1. The van der Waals surface area contributed by atoms with Crippen molar-refractivity contribution in [3.8, 4) is 12.1 Å². The van der Waals surface area contributed by atoms with Gasteiger partial charge in [-0.2, -0.15) is 10.5 Å². The molecule has 0 unspecified atom stereocenters. The highest BCUT2D eigenvalue weighted by Crippen LogP contribution is 2.44. The summed E-state index contributed by atoms with van der Waals surface area (Å²) >= 11 is 0. The zero-order valence-electron chi connectivity index (χ0n) is 18.9. The van der Waals surface area contributed by atoms with Gasteiger partial charge in [-0.15, -0.1) is 0 Å². The molecule has 1 saturated carbocycles. The van der Waals surface area contributed by atoms with Crippen molar-refractivity contribution in [2.24, 2.45) is 0 Å². The normalized spacial score (nSPS) is 17.9. The van der Waals surface area contributed by atoms with E-state index in [1.54, 1.807) is 25.4 Å². The Kier molecular flexibility index (Phi) is 6.71. The second kappa shape index (κ2) is 9.85. The molecule has 0 aromatic carbocycles. The average molecular weight is 446 g/mol. The number of nitrogens with one attached hydrogen (secondary N) is 1. The van der Waals surface area contributed by atoms with Gasteiger partial charge in [0.2, 0.25) is 5.91 Å². The standard InChI is InChI=1S/C24H27N7O2/c1-16-15-30(8-9-31(16)22(32)6-10-33-2)24-18(13-25)11-21(23(29-24)17-3-4-17)28-19-5-7-27-20(12-19)14-26/h5,7,11-12,16-17H,3-4,6,8-10,15H2,1-2H3,(H,27,28)/t16-/m1/s1. The fraction of sp³-hybridized carbons (Fsp3) is 0.458. The largest absolute Gasteiger partial charge is 0.384 e. The molecule has 0 radical (unpaired) electrons. The number of nitrogens with zero attached hydrogens (tertiary/aromatic N) is 6. The van der Waals surface area contributed by atoms with Gasteiger partial charge in [-0.1, -0.05) is 0 Å². The lowest BCUT2D eigenvalue weighted by Crippen LogP contribution is -2.54. The molecular weight excluding hydrogens is 418 g/mol. The van der Waals surface area contributed by atoms with Crippen LogP contribution in [0.25, 0.3) is 0 Å². The lowest BCUT2D eigenvalue weighted by molar-refractivity contribution is -0.134. The van der Waals surface area contributed by atoms with Crippen LogP contribution in [0.4, 0.5) is 17.2 Å². The topological polar surface area (TPSA) is 118 Å². The second-order valence-electron chi connectivity index (χ2n) is 8.47. The van der Waals surface area contributed by atoms with E-state index in [1.165, 1.54) is 0 Å². The third-order valence-electron chi connectivity index (χ3n) is 6.04. The van der Waals surface area contributed by atoms with Crippen LogP contribution in [0.2, 0.25) is 0 Å². The summed E-state index contributed by atoms with van der Waals surface area (Å²) in [4.78, 5) is 25.4. The molecule has 1 aliphatic heterocycles. The predicted molar refractivity (Wildman–Crippen MR) is 123 cm³/mol. The highest BCUT2D eigenvalue weighted by molar-refractivity contribution is 5.77. The van der Waals surface area contributed by atoms with Crippen LogP contribution in [0.3, 0.4) is 0 Å². The molecule has 1 N–H and O–H groups in total. The molecule has 0 bridgehead atoms. The van der Waals surface area contributed by atoms with Gasteiger partial charge in [0.1, 0.15) is 23.7 Å². The number of rotatable bonds is 7. The number of hydrogen-bond acceptors (Lipinski definition) is 8. The fourth-order valence-electron chi connectivity index (χ4n) is 4.19. The molecule has 3 heterocycles. The molecule has 2 fully saturated rings. The Morgan fingerprint density at radius 2 is 2.09 bits per heavy atom. The first-order valence-corrected chi connectivity index (χ1v) is 11.2. The van der Waals surface area contributed by atoms with Crippen molar-refractivity contribution in [1.29, 1.82) is 10.5 Å². The molecule has 1 saturated heterocycles. The number of nitriles is 2. The summed E-state index contributed by atoms with van der Waals surface area (Å²) in [5.41, 5.74) is 3.27. The van der Waals surface area contributed by atoms with Crippen LogP contribution in [0.15, 0.2) is 24.4 Å². The minimum Gasteiger partial charge on any atom is -0.384 e. The fourth-order valence-corrected chi connectivity index (χ4v) is 4.19. The molecule has 1 atom stereocenters. The van der Waals surface area contributed by atoms with Gasteiger partial charge >= 0.3 is 0 Å². The van der Waals surface area contributed by atoms with Crippen molar-refractivity contribution in [2.45, 2.75) is 38.1 Å². The molecule has 2 aromatic heterocycles. The summed E-state index contributed by atoms with van der Waals surface area (Å²) in [6, 6.07) is 9.68. The highest BCUT2D eigenvalue weighted by atomic mass is 16.5. The Balaban J connectivity index is 1.58. The van der Waals surface area contributed by atoms with Gasteiger partial charge in [0.15, 0.2) is 0 Å². The summed E-state index contributed by atoms with van der Waals surface area (Å²) in [7, 11) is 1.59. The van der Waals surface area contributed by atoms with E-state index >= 15 is 0 Å². The van der Waals surface area contributed by atoms with Crippen LogP contribution in [-0.4, -0.2) is 60.2 Å². The van der Waals surface area contributed by atoms with Gasteiger partial charge in [-0.05, 0) is 38.0 Å². The van der Waals surface area contributed by atoms with E-state index in [-0.39, 0.29) is 11.9 Å². The van der Waals surface area contributed by atoms with Gasteiger partial charge in [-0.25, -0.2) is 9.97 Å². The maximum Gasteiger partial charge on any atom is 0.225 e. The van der Waals surface area contributed by atoms with E-state index < -0.39 is 0 Å². The Labute approximate surface area is 193 Å². The lowest BCUT2D eigenvalue weighted by Gasteiger charge is -2.41. The van der Waals surface area contributed by atoms with Gasteiger partial charge < -0.3 is 19.9 Å². The first-order valence-electron chi connectivity index (χ1n) is 11.2. The molecule has 9 heteroatoms. The number of amides is 1. The number of anilines is 3. The minimum atomic E-state index is 0.0137. The van der Waals surface area contributed by atoms with Crippen molar-refractivity contribution in [3.05, 3.63) is 41.3 Å². The van der Waals surface area contributed by atoms with Gasteiger partial charge in [0.05, 0.1) is 30.0 Å². The maximum atomic E-state index is 12.5. The van der Waals surface area contributed by atoms with Crippen molar-refractivity contribution >= 4 is 23.1 Å². The maximum absolute atomic E-state index is 12.5. The van der Waals surface area contributed by atoms with Crippen LogP contribution in [0.1, 0.15) is 49.1 Å². The number of pyridine rings is 2.